The molecule has 0 aliphatic heterocycles. The fourth-order valence-electron chi connectivity index (χ4n) is 2.58. The summed E-state index contributed by atoms with van der Waals surface area (Å²) in [5.74, 6) is -1.31. The van der Waals surface area contributed by atoms with Gasteiger partial charge in [0.2, 0.25) is 0 Å². The molecule has 150 valence electrons. The molecule has 2 rings (SSSR count). The molecule has 28 heavy (non-hydrogen) atoms. The Hall–Kier alpha value is -2.67. The Bertz CT molecular complexity index is 990. The molecular formula is C21H24FNO4S. The van der Waals surface area contributed by atoms with Crippen molar-refractivity contribution in [1.82, 2.24) is 4.31 Å². The lowest BCUT2D eigenvalue weighted by molar-refractivity contribution is -0.133. The highest BCUT2D eigenvalue weighted by molar-refractivity contribution is 7.89. The van der Waals surface area contributed by atoms with Crippen LogP contribution in [0.3, 0.4) is 0 Å². The maximum absolute atomic E-state index is 13.7. The van der Waals surface area contributed by atoms with E-state index in [1.54, 1.807) is 32.9 Å². The second kappa shape index (κ2) is 8.14. The van der Waals surface area contributed by atoms with Crippen LogP contribution in [0.2, 0.25) is 0 Å². The molecule has 0 aromatic heterocycles. The predicted molar refractivity (Wildman–Crippen MR) is 106 cm³/mol. The number of sulfonamides is 1. The van der Waals surface area contributed by atoms with Gasteiger partial charge in [-0.2, -0.15) is 0 Å². The highest BCUT2D eigenvalue weighted by Crippen LogP contribution is 2.28. The molecule has 0 saturated carbocycles. The number of hydrogen-bond acceptors (Lipinski definition) is 4. The second-order valence-electron chi connectivity index (χ2n) is 7.33. The van der Waals surface area contributed by atoms with E-state index in [2.05, 4.69) is 0 Å². The summed E-state index contributed by atoms with van der Waals surface area (Å²) in [6.07, 6.45) is 1.20. The van der Waals surface area contributed by atoms with E-state index in [1.807, 2.05) is 6.92 Å². The van der Waals surface area contributed by atoms with Crippen LogP contribution in [0.5, 0.6) is 0 Å². The van der Waals surface area contributed by atoms with E-state index in [0.29, 0.717) is 0 Å². The topological polar surface area (TPSA) is 63.7 Å². The van der Waals surface area contributed by atoms with Gasteiger partial charge >= 0.3 is 5.97 Å². The summed E-state index contributed by atoms with van der Waals surface area (Å²) in [5, 5.41) is 0. The average molecular weight is 405 g/mol. The SMILES string of the molecule is COC(=O)/C(=C/N(C(C)(C)C)S(=O)(=O)c1ccc(C)cc1)c1cccc(F)c1. The highest BCUT2D eigenvalue weighted by atomic mass is 32.2. The summed E-state index contributed by atoms with van der Waals surface area (Å²) in [6.45, 7) is 6.97. The molecule has 0 aliphatic rings. The van der Waals surface area contributed by atoms with Crippen LogP contribution in [-0.2, 0) is 19.6 Å². The van der Waals surface area contributed by atoms with E-state index in [0.717, 1.165) is 15.9 Å². The first-order valence-corrected chi connectivity index (χ1v) is 10.1. The molecule has 2 aromatic carbocycles. The molecule has 0 unspecified atom stereocenters. The number of benzene rings is 2. The minimum atomic E-state index is -3.98. The molecule has 7 heteroatoms. The van der Waals surface area contributed by atoms with Crippen LogP contribution in [0.25, 0.3) is 5.57 Å². The molecule has 0 bridgehead atoms. The smallest absolute Gasteiger partial charge is 0.339 e. The summed E-state index contributed by atoms with van der Waals surface area (Å²) >= 11 is 0. The number of carbonyl (C=O) groups is 1. The number of ether oxygens (including phenoxy) is 1. The number of nitrogens with zero attached hydrogens (tertiary/aromatic N) is 1. The van der Waals surface area contributed by atoms with Crippen LogP contribution in [0.4, 0.5) is 4.39 Å². The maximum atomic E-state index is 13.7. The third-order valence-corrected chi connectivity index (χ3v) is 6.07. The van der Waals surface area contributed by atoms with Gasteiger partial charge in [-0.15, -0.1) is 0 Å². The van der Waals surface area contributed by atoms with Crippen LogP contribution >= 0.6 is 0 Å². The van der Waals surface area contributed by atoms with E-state index in [-0.39, 0.29) is 16.0 Å². The number of methoxy groups -OCH3 is 1. The fourth-order valence-corrected chi connectivity index (χ4v) is 4.25. The normalized spacial score (nSPS) is 12.6. The monoisotopic (exact) mass is 405 g/mol. The molecule has 0 saturated heterocycles. The Labute approximate surface area is 165 Å². The molecule has 0 N–H and O–H groups in total. The lowest BCUT2D eigenvalue weighted by atomic mass is 10.1. The Kier molecular flexibility index (Phi) is 6.29. The van der Waals surface area contributed by atoms with E-state index < -0.39 is 27.3 Å². The van der Waals surface area contributed by atoms with E-state index in [9.17, 15) is 17.6 Å². The van der Waals surface area contributed by atoms with Gasteiger partial charge in [0, 0.05) is 11.7 Å². The molecule has 0 radical (unpaired) electrons. The van der Waals surface area contributed by atoms with Gasteiger partial charge in [-0.25, -0.2) is 17.6 Å². The summed E-state index contributed by atoms with van der Waals surface area (Å²) < 4.78 is 46.2. The van der Waals surface area contributed by atoms with Crippen LogP contribution < -0.4 is 0 Å². The van der Waals surface area contributed by atoms with Crippen LogP contribution in [0.1, 0.15) is 31.9 Å². The quantitative estimate of drug-likeness (QED) is 0.554. The number of esters is 1. The number of halogens is 1. The minimum Gasteiger partial charge on any atom is -0.465 e. The number of carbonyl (C=O) groups excluding carboxylic acids is 1. The number of rotatable bonds is 5. The predicted octanol–water partition coefficient (Wildman–Crippen LogP) is 4.14. The molecule has 0 heterocycles. The molecule has 2 aromatic rings. The molecule has 0 atom stereocenters. The fraction of sp³-hybridized carbons (Fsp3) is 0.286. The van der Waals surface area contributed by atoms with Crippen molar-refractivity contribution < 1.29 is 22.3 Å². The molecule has 5 nitrogen and oxygen atoms in total. The van der Waals surface area contributed by atoms with Crippen molar-refractivity contribution in [3.8, 4) is 0 Å². The lowest BCUT2D eigenvalue weighted by Gasteiger charge is -2.34. The Morgan fingerprint density at radius 1 is 1.11 bits per heavy atom. The first kappa shape index (κ1) is 21.6. The van der Waals surface area contributed by atoms with Gasteiger partial charge < -0.3 is 4.74 Å². The van der Waals surface area contributed by atoms with Crippen molar-refractivity contribution in [3.63, 3.8) is 0 Å². The van der Waals surface area contributed by atoms with Crippen molar-refractivity contribution in [2.75, 3.05) is 7.11 Å². The first-order valence-electron chi connectivity index (χ1n) is 8.64. The zero-order valence-electron chi connectivity index (χ0n) is 16.6. The van der Waals surface area contributed by atoms with Gasteiger partial charge in [0.05, 0.1) is 17.6 Å². The Morgan fingerprint density at radius 2 is 1.71 bits per heavy atom. The highest BCUT2D eigenvalue weighted by Gasteiger charge is 2.33. The third-order valence-electron chi connectivity index (χ3n) is 4.03. The molecule has 0 aliphatic carbocycles. The Morgan fingerprint density at radius 3 is 2.21 bits per heavy atom. The standard InChI is InChI=1S/C21H24FNO4S/c1-15-9-11-18(12-10-15)28(25,26)23(21(2,3)4)14-19(20(24)27-5)16-7-6-8-17(22)13-16/h6-14H,1-5H3/b19-14+. The molecular weight excluding hydrogens is 381 g/mol. The lowest BCUT2D eigenvalue weighted by Crippen LogP contribution is -2.42. The van der Waals surface area contributed by atoms with Gasteiger partial charge in [-0.05, 0) is 57.5 Å². The largest absolute Gasteiger partial charge is 0.465 e. The van der Waals surface area contributed by atoms with Gasteiger partial charge in [0.15, 0.2) is 0 Å². The van der Waals surface area contributed by atoms with Crippen molar-refractivity contribution in [1.29, 1.82) is 0 Å². The zero-order chi connectivity index (χ0) is 21.1. The maximum Gasteiger partial charge on any atom is 0.339 e. The summed E-state index contributed by atoms with van der Waals surface area (Å²) in [7, 11) is -2.79. The molecule has 0 amide bonds. The van der Waals surface area contributed by atoms with Crippen molar-refractivity contribution in [2.45, 2.75) is 38.1 Å². The molecule has 0 spiro atoms. The average Bonchev–Trinajstić information content (AvgIpc) is 2.60. The van der Waals surface area contributed by atoms with Gasteiger partial charge in [0.1, 0.15) is 5.82 Å². The third kappa shape index (κ3) is 4.78. The minimum absolute atomic E-state index is 0.0624. The van der Waals surface area contributed by atoms with Crippen LogP contribution in [-0.4, -0.2) is 31.3 Å². The first-order chi connectivity index (χ1) is 13.0. The number of hydrogen-bond donors (Lipinski definition) is 0. The van der Waals surface area contributed by atoms with Gasteiger partial charge in [-0.1, -0.05) is 29.8 Å². The summed E-state index contributed by atoms with van der Waals surface area (Å²) in [4.78, 5) is 12.5. The summed E-state index contributed by atoms with van der Waals surface area (Å²) in [5.41, 5.74) is 0.190. The van der Waals surface area contributed by atoms with Gasteiger partial charge in [-0.3, -0.25) is 4.31 Å². The molecule has 0 fully saturated rings. The van der Waals surface area contributed by atoms with Crippen molar-refractivity contribution in [2.24, 2.45) is 0 Å². The van der Waals surface area contributed by atoms with Crippen molar-refractivity contribution >= 4 is 21.6 Å². The van der Waals surface area contributed by atoms with E-state index in [4.69, 9.17) is 4.74 Å². The number of aryl methyl sites for hydroxylation is 1. The van der Waals surface area contributed by atoms with Crippen molar-refractivity contribution in [3.05, 3.63) is 71.7 Å². The van der Waals surface area contributed by atoms with Crippen LogP contribution in [0.15, 0.2) is 59.6 Å². The summed E-state index contributed by atoms with van der Waals surface area (Å²) in [6, 6.07) is 11.8. The van der Waals surface area contributed by atoms with Crippen LogP contribution in [0, 0.1) is 12.7 Å². The van der Waals surface area contributed by atoms with E-state index in [1.165, 1.54) is 43.6 Å². The Balaban J connectivity index is 2.69. The van der Waals surface area contributed by atoms with E-state index >= 15 is 0 Å². The second-order valence-corrected chi connectivity index (χ2v) is 9.14. The van der Waals surface area contributed by atoms with Gasteiger partial charge in [0.25, 0.3) is 10.0 Å². The zero-order valence-corrected chi connectivity index (χ0v) is 17.4.